The maximum Gasteiger partial charge on any atom is 0.261 e. The second-order valence-corrected chi connectivity index (χ2v) is 7.52. The summed E-state index contributed by atoms with van der Waals surface area (Å²) in [5.41, 5.74) is 1.20. The van der Waals surface area contributed by atoms with Gasteiger partial charge in [-0.25, -0.2) is 4.98 Å². The summed E-state index contributed by atoms with van der Waals surface area (Å²) in [6, 6.07) is 5.34. The summed E-state index contributed by atoms with van der Waals surface area (Å²) in [5, 5.41) is 3.64. The van der Waals surface area contributed by atoms with Gasteiger partial charge >= 0.3 is 0 Å². The molecule has 1 aliphatic rings. The molecule has 2 heterocycles. The molecule has 0 aliphatic carbocycles. The van der Waals surface area contributed by atoms with Crippen LogP contribution in [0, 0.1) is 5.92 Å². The van der Waals surface area contributed by atoms with Crippen LogP contribution in [0.25, 0.3) is 10.9 Å². The topological polar surface area (TPSA) is 64.0 Å². The van der Waals surface area contributed by atoms with E-state index in [4.69, 9.17) is 0 Å². The van der Waals surface area contributed by atoms with Crippen LogP contribution in [0.3, 0.4) is 0 Å². The van der Waals surface area contributed by atoms with Gasteiger partial charge in [0.1, 0.15) is 5.82 Å². The smallest absolute Gasteiger partial charge is 0.261 e. The molecular weight excluding hydrogens is 314 g/mol. The molecule has 1 aromatic carbocycles. The van der Waals surface area contributed by atoms with Gasteiger partial charge < -0.3 is 5.32 Å². The van der Waals surface area contributed by atoms with E-state index in [-0.39, 0.29) is 17.5 Å². The van der Waals surface area contributed by atoms with E-state index in [1.165, 1.54) is 6.42 Å². The Morgan fingerprint density at radius 1 is 1.28 bits per heavy atom. The zero-order valence-electron chi connectivity index (χ0n) is 15.3. The highest BCUT2D eigenvalue weighted by Crippen LogP contribution is 2.16. The number of hydrogen-bond acceptors (Lipinski definition) is 3. The molecule has 1 aromatic heterocycles. The highest BCUT2D eigenvalue weighted by Gasteiger charge is 2.17. The average molecular weight is 341 g/mol. The average Bonchev–Trinajstić information content (AvgIpc) is 3.02. The number of nitrogens with one attached hydrogen (secondary N) is 1. The summed E-state index contributed by atoms with van der Waals surface area (Å²) in [4.78, 5) is 29.6. The van der Waals surface area contributed by atoms with Gasteiger partial charge in [0.2, 0.25) is 0 Å². The van der Waals surface area contributed by atoms with Gasteiger partial charge in [-0.1, -0.05) is 26.7 Å². The number of fused-ring (bicyclic) bond motifs is 2. The molecule has 1 aliphatic heterocycles. The summed E-state index contributed by atoms with van der Waals surface area (Å²) in [6.45, 7) is 7.21. The molecule has 2 aromatic rings. The summed E-state index contributed by atoms with van der Waals surface area (Å²) in [5.74, 6) is 1.42. The number of aromatic nitrogens is 2. The Morgan fingerprint density at radius 2 is 2.08 bits per heavy atom. The summed E-state index contributed by atoms with van der Waals surface area (Å²) >= 11 is 0. The minimum absolute atomic E-state index is 0.00603. The van der Waals surface area contributed by atoms with Crippen molar-refractivity contribution in [2.75, 3.05) is 0 Å². The monoisotopic (exact) mass is 341 g/mol. The first-order valence-corrected chi connectivity index (χ1v) is 9.30. The van der Waals surface area contributed by atoms with Gasteiger partial charge in [-0.2, -0.15) is 0 Å². The Bertz CT molecular complexity index is 839. The molecule has 5 nitrogen and oxygen atoms in total. The lowest BCUT2D eigenvalue weighted by molar-refractivity contribution is 0.0938. The lowest BCUT2D eigenvalue weighted by atomic mass is 10.0. The summed E-state index contributed by atoms with van der Waals surface area (Å²) in [6.07, 6.45) is 5.05. The fourth-order valence-corrected chi connectivity index (χ4v) is 3.44. The van der Waals surface area contributed by atoms with E-state index in [0.717, 1.165) is 38.1 Å². The van der Waals surface area contributed by atoms with E-state index in [9.17, 15) is 9.59 Å². The molecule has 0 saturated carbocycles. The molecule has 1 amide bonds. The second-order valence-electron chi connectivity index (χ2n) is 7.52. The third kappa shape index (κ3) is 3.91. The standard InChI is InChI=1S/C20H27N3O2/c1-13(2)6-4-7-14(3)21-19(24)15-9-10-16-17(12-15)22-18-8-5-11-23(18)20(16)25/h9-10,12-14H,4-8,11H2,1-3H3,(H,21,24)/t14-/m1/s1. The highest BCUT2D eigenvalue weighted by molar-refractivity contribution is 5.97. The number of hydrogen-bond donors (Lipinski definition) is 1. The Morgan fingerprint density at radius 3 is 2.84 bits per heavy atom. The molecule has 0 spiro atoms. The first-order valence-electron chi connectivity index (χ1n) is 9.30. The van der Waals surface area contributed by atoms with Crippen LogP contribution in [0.2, 0.25) is 0 Å². The molecule has 5 heteroatoms. The van der Waals surface area contributed by atoms with Crippen LogP contribution in [0.15, 0.2) is 23.0 Å². The van der Waals surface area contributed by atoms with Crippen LogP contribution in [0.5, 0.6) is 0 Å². The van der Waals surface area contributed by atoms with Crippen LogP contribution in [0.1, 0.15) is 62.6 Å². The highest BCUT2D eigenvalue weighted by atomic mass is 16.1. The first kappa shape index (κ1) is 17.6. The zero-order chi connectivity index (χ0) is 18.0. The predicted octanol–water partition coefficient (Wildman–Crippen LogP) is 3.29. The number of carbonyl (C=O) groups is 1. The molecule has 1 atom stereocenters. The number of amides is 1. The zero-order valence-corrected chi connectivity index (χ0v) is 15.3. The molecule has 0 unspecified atom stereocenters. The van der Waals surface area contributed by atoms with Crippen molar-refractivity contribution in [3.05, 3.63) is 39.9 Å². The number of nitrogens with zero attached hydrogens (tertiary/aromatic N) is 2. The van der Waals surface area contributed by atoms with Gasteiger partial charge in [0.25, 0.3) is 11.5 Å². The van der Waals surface area contributed by atoms with Crippen LogP contribution >= 0.6 is 0 Å². The van der Waals surface area contributed by atoms with Gasteiger partial charge in [-0.3, -0.25) is 14.2 Å². The van der Waals surface area contributed by atoms with Crippen molar-refractivity contribution in [3.63, 3.8) is 0 Å². The van der Waals surface area contributed by atoms with Gasteiger partial charge in [0.05, 0.1) is 10.9 Å². The van der Waals surface area contributed by atoms with E-state index in [0.29, 0.717) is 22.4 Å². The van der Waals surface area contributed by atoms with Crippen LogP contribution in [0.4, 0.5) is 0 Å². The quantitative estimate of drug-likeness (QED) is 0.877. The number of benzene rings is 1. The third-order valence-electron chi connectivity index (χ3n) is 4.87. The van der Waals surface area contributed by atoms with Crippen LogP contribution in [-0.2, 0) is 13.0 Å². The van der Waals surface area contributed by atoms with Crippen molar-refractivity contribution in [2.45, 2.75) is 65.5 Å². The number of carbonyl (C=O) groups excluding carboxylic acids is 1. The molecule has 0 bridgehead atoms. The van der Waals surface area contributed by atoms with Crippen molar-refractivity contribution in [3.8, 4) is 0 Å². The maximum absolute atomic E-state index is 12.5. The van der Waals surface area contributed by atoms with E-state index in [1.54, 1.807) is 22.8 Å². The largest absolute Gasteiger partial charge is 0.350 e. The maximum atomic E-state index is 12.5. The SMILES string of the molecule is CC(C)CCC[C@@H](C)NC(=O)c1ccc2c(=O)n3c(nc2c1)CCC3. The molecule has 1 N–H and O–H groups in total. The Balaban J connectivity index is 1.74. The molecule has 0 radical (unpaired) electrons. The fourth-order valence-electron chi connectivity index (χ4n) is 3.44. The molecule has 134 valence electrons. The van der Waals surface area contributed by atoms with E-state index in [2.05, 4.69) is 24.1 Å². The second kappa shape index (κ2) is 7.38. The third-order valence-corrected chi connectivity index (χ3v) is 4.87. The van der Waals surface area contributed by atoms with Gasteiger partial charge in [0.15, 0.2) is 0 Å². The molecule has 25 heavy (non-hydrogen) atoms. The van der Waals surface area contributed by atoms with Crippen molar-refractivity contribution < 1.29 is 4.79 Å². The molecular formula is C20H27N3O2. The number of aryl methyl sites for hydroxylation is 1. The van der Waals surface area contributed by atoms with Gasteiger partial charge in [0, 0.05) is 24.6 Å². The predicted molar refractivity (Wildman–Crippen MR) is 99.9 cm³/mol. The normalized spacial score (nSPS) is 14.7. The molecule has 3 rings (SSSR count). The van der Waals surface area contributed by atoms with Crippen molar-refractivity contribution in [2.24, 2.45) is 5.92 Å². The lowest BCUT2D eigenvalue weighted by Gasteiger charge is -2.15. The Hall–Kier alpha value is -2.17. The van der Waals surface area contributed by atoms with E-state index < -0.39 is 0 Å². The Kier molecular flexibility index (Phi) is 5.21. The van der Waals surface area contributed by atoms with Gasteiger partial charge in [-0.15, -0.1) is 0 Å². The summed E-state index contributed by atoms with van der Waals surface area (Å²) in [7, 11) is 0. The van der Waals surface area contributed by atoms with Gasteiger partial charge in [-0.05, 0) is 43.9 Å². The van der Waals surface area contributed by atoms with Crippen molar-refractivity contribution in [1.29, 1.82) is 0 Å². The van der Waals surface area contributed by atoms with E-state index >= 15 is 0 Å². The first-order chi connectivity index (χ1) is 12.0. The molecule has 0 fully saturated rings. The minimum atomic E-state index is -0.0960. The Labute approximate surface area is 148 Å². The number of rotatable bonds is 6. The lowest BCUT2D eigenvalue weighted by Crippen LogP contribution is -2.32. The van der Waals surface area contributed by atoms with Crippen LogP contribution < -0.4 is 10.9 Å². The fraction of sp³-hybridized carbons (Fsp3) is 0.550. The van der Waals surface area contributed by atoms with Crippen molar-refractivity contribution >= 4 is 16.8 Å². The van der Waals surface area contributed by atoms with E-state index in [1.807, 2.05) is 6.92 Å². The minimum Gasteiger partial charge on any atom is -0.350 e. The molecule has 0 saturated heterocycles. The van der Waals surface area contributed by atoms with Crippen LogP contribution in [-0.4, -0.2) is 21.5 Å². The summed E-state index contributed by atoms with van der Waals surface area (Å²) < 4.78 is 1.75. The van der Waals surface area contributed by atoms with Crippen molar-refractivity contribution in [1.82, 2.24) is 14.9 Å².